The molecule has 0 saturated carbocycles. The summed E-state index contributed by atoms with van der Waals surface area (Å²) in [6.07, 6.45) is 5.49. The Bertz CT molecular complexity index is 416. The van der Waals surface area contributed by atoms with Gasteiger partial charge in [0, 0.05) is 0 Å². The highest BCUT2D eigenvalue weighted by Gasteiger charge is 2.52. The van der Waals surface area contributed by atoms with Gasteiger partial charge in [-0.2, -0.15) is 0 Å². The van der Waals surface area contributed by atoms with Crippen molar-refractivity contribution in [2.45, 2.75) is 58.7 Å². The van der Waals surface area contributed by atoms with Crippen LogP contribution in [0.3, 0.4) is 0 Å². The summed E-state index contributed by atoms with van der Waals surface area (Å²) in [4.78, 5) is 11.3. The van der Waals surface area contributed by atoms with Crippen LogP contribution in [-0.4, -0.2) is 24.1 Å². The molecule has 4 heteroatoms. The zero-order valence-electron chi connectivity index (χ0n) is 11.9. The number of rotatable bonds is 2. The van der Waals surface area contributed by atoms with E-state index in [0.29, 0.717) is 0 Å². The SMILES string of the molecule is CC(=O)C1=CC=C(B2OC(C)(C)C(C)(C)O2)CC1. The molecular formula is C14H21BO3. The molecule has 2 rings (SSSR count). The Morgan fingerprint density at radius 2 is 1.67 bits per heavy atom. The van der Waals surface area contributed by atoms with Gasteiger partial charge in [-0.15, -0.1) is 0 Å². The van der Waals surface area contributed by atoms with E-state index in [1.165, 1.54) is 0 Å². The molecule has 0 N–H and O–H groups in total. The van der Waals surface area contributed by atoms with Crippen molar-refractivity contribution >= 4 is 12.9 Å². The molecule has 98 valence electrons. The maximum absolute atomic E-state index is 11.3. The van der Waals surface area contributed by atoms with Gasteiger partial charge in [-0.3, -0.25) is 4.79 Å². The summed E-state index contributed by atoms with van der Waals surface area (Å²) in [6, 6.07) is 0. The van der Waals surface area contributed by atoms with Crippen LogP contribution in [0, 0.1) is 0 Å². The standard InChI is InChI=1S/C14H21BO3/c1-10(16)11-6-8-12(9-7-11)15-17-13(2,3)14(4,5)18-15/h6,8H,7,9H2,1-5H3. The van der Waals surface area contributed by atoms with E-state index >= 15 is 0 Å². The van der Waals surface area contributed by atoms with Crippen molar-refractivity contribution in [2.24, 2.45) is 0 Å². The van der Waals surface area contributed by atoms with E-state index in [1.807, 2.05) is 39.8 Å². The quantitative estimate of drug-likeness (QED) is 0.705. The lowest BCUT2D eigenvalue weighted by molar-refractivity contribution is -0.113. The minimum absolute atomic E-state index is 0.152. The van der Waals surface area contributed by atoms with Crippen molar-refractivity contribution in [3.05, 3.63) is 23.2 Å². The first-order chi connectivity index (χ1) is 8.23. The summed E-state index contributed by atoms with van der Waals surface area (Å²) in [5.74, 6) is 0.152. The molecule has 3 nitrogen and oxygen atoms in total. The largest absolute Gasteiger partial charge is 0.490 e. The van der Waals surface area contributed by atoms with Crippen LogP contribution >= 0.6 is 0 Å². The second-order valence-corrected chi connectivity index (χ2v) is 6.08. The van der Waals surface area contributed by atoms with E-state index in [1.54, 1.807) is 6.92 Å². The van der Waals surface area contributed by atoms with Crippen molar-refractivity contribution in [2.75, 3.05) is 0 Å². The summed E-state index contributed by atoms with van der Waals surface area (Å²) in [7, 11) is -0.278. The van der Waals surface area contributed by atoms with Crippen molar-refractivity contribution in [1.82, 2.24) is 0 Å². The zero-order valence-corrected chi connectivity index (χ0v) is 11.9. The maximum atomic E-state index is 11.3. The molecule has 0 atom stereocenters. The minimum atomic E-state index is -0.303. The van der Waals surface area contributed by atoms with E-state index in [0.717, 1.165) is 23.9 Å². The van der Waals surface area contributed by atoms with Crippen LogP contribution in [0.15, 0.2) is 23.2 Å². The lowest BCUT2D eigenvalue weighted by Crippen LogP contribution is -2.41. The smallest absolute Gasteiger partial charge is 0.400 e. The molecule has 0 radical (unpaired) electrons. The molecule has 1 saturated heterocycles. The van der Waals surface area contributed by atoms with Crippen LogP contribution in [-0.2, 0) is 14.1 Å². The van der Waals surface area contributed by atoms with Crippen LogP contribution in [0.25, 0.3) is 0 Å². The van der Waals surface area contributed by atoms with Gasteiger partial charge in [0.25, 0.3) is 0 Å². The number of hydrogen-bond donors (Lipinski definition) is 0. The summed E-state index contributed by atoms with van der Waals surface area (Å²) in [5, 5.41) is 0. The molecule has 0 aromatic carbocycles. The first kappa shape index (κ1) is 13.6. The Hall–Kier alpha value is -0.865. The summed E-state index contributed by atoms with van der Waals surface area (Å²) in [6.45, 7) is 9.81. The Kier molecular flexibility index (Phi) is 3.28. The highest BCUT2D eigenvalue weighted by atomic mass is 16.7. The van der Waals surface area contributed by atoms with E-state index < -0.39 is 0 Å². The predicted molar refractivity (Wildman–Crippen MR) is 72.2 cm³/mol. The number of carbonyl (C=O) groups is 1. The second kappa shape index (κ2) is 4.35. The third-order valence-corrected chi connectivity index (χ3v) is 4.19. The molecule has 1 aliphatic heterocycles. The van der Waals surface area contributed by atoms with Crippen LogP contribution in [0.4, 0.5) is 0 Å². The van der Waals surface area contributed by atoms with E-state index in [9.17, 15) is 4.79 Å². The molecule has 0 bridgehead atoms. The van der Waals surface area contributed by atoms with Gasteiger partial charge >= 0.3 is 7.12 Å². The molecule has 1 fully saturated rings. The van der Waals surface area contributed by atoms with E-state index in [-0.39, 0.29) is 24.1 Å². The van der Waals surface area contributed by atoms with Gasteiger partial charge < -0.3 is 9.31 Å². The highest BCUT2D eigenvalue weighted by molar-refractivity contribution is 6.54. The number of ketones is 1. The van der Waals surface area contributed by atoms with Gasteiger partial charge in [-0.1, -0.05) is 12.2 Å². The fourth-order valence-corrected chi connectivity index (χ4v) is 2.14. The van der Waals surface area contributed by atoms with E-state index in [2.05, 4.69) is 0 Å². The fraction of sp³-hybridized carbons (Fsp3) is 0.643. The Balaban J connectivity index is 2.15. The summed E-state index contributed by atoms with van der Waals surface area (Å²) < 4.78 is 12.0. The van der Waals surface area contributed by atoms with Gasteiger partial charge in [0.15, 0.2) is 5.78 Å². The van der Waals surface area contributed by atoms with Gasteiger partial charge in [-0.25, -0.2) is 0 Å². The average Bonchev–Trinajstić information content (AvgIpc) is 2.48. The highest BCUT2D eigenvalue weighted by Crippen LogP contribution is 2.39. The molecule has 0 aromatic rings. The van der Waals surface area contributed by atoms with Crippen molar-refractivity contribution < 1.29 is 14.1 Å². The molecule has 0 amide bonds. The Morgan fingerprint density at radius 3 is 2.06 bits per heavy atom. The fourth-order valence-electron chi connectivity index (χ4n) is 2.14. The third-order valence-electron chi connectivity index (χ3n) is 4.19. The zero-order chi connectivity index (χ0) is 13.6. The second-order valence-electron chi connectivity index (χ2n) is 6.08. The monoisotopic (exact) mass is 248 g/mol. The minimum Gasteiger partial charge on any atom is -0.400 e. The molecule has 2 aliphatic rings. The van der Waals surface area contributed by atoms with Crippen molar-refractivity contribution in [3.63, 3.8) is 0 Å². The van der Waals surface area contributed by atoms with Crippen LogP contribution < -0.4 is 0 Å². The molecule has 0 spiro atoms. The normalized spacial score (nSPS) is 25.7. The number of hydrogen-bond acceptors (Lipinski definition) is 3. The number of Topliss-reactive ketones (excluding diaryl/α,β-unsaturated/α-hetero) is 1. The van der Waals surface area contributed by atoms with E-state index in [4.69, 9.17) is 9.31 Å². The predicted octanol–water partition coefficient (Wildman–Crippen LogP) is 2.85. The van der Waals surface area contributed by atoms with Crippen LogP contribution in [0.5, 0.6) is 0 Å². The Labute approximate surface area is 109 Å². The third kappa shape index (κ3) is 2.32. The Morgan fingerprint density at radius 1 is 1.11 bits per heavy atom. The van der Waals surface area contributed by atoms with Gasteiger partial charge in [0.05, 0.1) is 11.2 Å². The summed E-state index contributed by atoms with van der Waals surface area (Å²) >= 11 is 0. The van der Waals surface area contributed by atoms with Gasteiger partial charge in [0.2, 0.25) is 0 Å². The molecule has 0 aromatic heterocycles. The first-order valence-corrected chi connectivity index (χ1v) is 6.49. The van der Waals surface area contributed by atoms with Crippen molar-refractivity contribution in [1.29, 1.82) is 0 Å². The first-order valence-electron chi connectivity index (χ1n) is 6.49. The molecule has 1 heterocycles. The lowest BCUT2D eigenvalue weighted by atomic mass is 9.72. The molecule has 0 unspecified atom stereocenters. The molecular weight excluding hydrogens is 227 g/mol. The van der Waals surface area contributed by atoms with Gasteiger partial charge in [0.1, 0.15) is 0 Å². The van der Waals surface area contributed by atoms with Crippen LogP contribution in [0.1, 0.15) is 47.5 Å². The number of carbonyl (C=O) groups excluding carboxylic acids is 1. The average molecular weight is 248 g/mol. The van der Waals surface area contributed by atoms with Crippen LogP contribution in [0.2, 0.25) is 0 Å². The molecule has 1 aliphatic carbocycles. The topological polar surface area (TPSA) is 35.5 Å². The summed E-state index contributed by atoms with van der Waals surface area (Å²) in [5.41, 5.74) is 1.40. The number of allylic oxidation sites excluding steroid dienone is 4. The van der Waals surface area contributed by atoms with Crippen molar-refractivity contribution in [3.8, 4) is 0 Å². The molecule has 18 heavy (non-hydrogen) atoms. The maximum Gasteiger partial charge on any atom is 0.490 e. The van der Waals surface area contributed by atoms with Gasteiger partial charge in [-0.05, 0) is 58.5 Å². The lowest BCUT2D eigenvalue weighted by Gasteiger charge is -2.32.